The summed E-state index contributed by atoms with van der Waals surface area (Å²) in [4.78, 5) is 12.1. The second-order valence-electron chi connectivity index (χ2n) is 5.43. The van der Waals surface area contributed by atoms with Crippen LogP contribution in [0.3, 0.4) is 0 Å². The van der Waals surface area contributed by atoms with Crippen LogP contribution in [0.1, 0.15) is 44.0 Å². The molecule has 1 aliphatic rings. The number of benzene rings is 1. The summed E-state index contributed by atoms with van der Waals surface area (Å²) >= 11 is 0. The van der Waals surface area contributed by atoms with E-state index in [9.17, 15) is 4.79 Å². The second-order valence-corrected chi connectivity index (χ2v) is 5.43. The molecule has 3 unspecified atom stereocenters. The molecule has 104 valence electrons. The van der Waals surface area contributed by atoms with Crippen LogP contribution < -0.4 is 0 Å². The van der Waals surface area contributed by atoms with Crippen molar-refractivity contribution in [1.82, 2.24) is 0 Å². The van der Waals surface area contributed by atoms with Crippen molar-refractivity contribution in [2.24, 2.45) is 5.92 Å². The number of carbonyl (C=O) groups excluding carboxylic acids is 1. The molecule has 0 aromatic heterocycles. The lowest BCUT2D eigenvalue weighted by atomic mass is 9.95. The Kier molecular flexibility index (Phi) is 4.38. The van der Waals surface area contributed by atoms with E-state index in [2.05, 4.69) is 6.92 Å². The predicted molar refractivity (Wildman–Crippen MR) is 74.1 cm³/mol. The number of hydrogen-bond acceptors (Lipinski definition) is 3. The van der Waals surface area contributed by atoms with E-state index in [-0.39, 0.29) is 17.8 Å². The van der Waals surface area contributed by atoms with Gasteiger partial charge in [-0.2, -0.15) is 0 Å². The molecule has 1 aromatic rings. The van der Waals surface area contributed by atoms with Gasteiger partial charge in [-0.05, 0) is 19.3 Å². The van der Waals surface area contributed by atoms with Gasteiger partial charge in [-0.25, -0.2) is 0 Å². The maximum atomic E-state index is 12.1. The third-order valence-corrected chi connectivity index (χ3v) is 3.83. The van der Waals surface area contributed by atoms with Gasteiger partial charge in [0.15, 0.2) is 11.6 Å². The standard InChI is InChI=1S/C16H22O3/c1-4-16(3)18-11-15(19-16)12(2)10-14(17)13-8-6-5-7-9-13/h5-9,12,15H,4,10-11H2,1-3H3. The zero-order valence-corrected chi connectivity index (χ0v) is 11.9. The van der Waals surface area contributed by atoms with Crippen molar-refractivity contribution in [1.29, 1.82) is 0 Å². The summed E-state index contributed by atoms with van der Waals surface area (Å²) in [5.74, 6) is -0.141. The summed E-state index contributed by atoms with van der Waals surface area (Å²) < 4.78 is 11.6. The topological polar surface area (TPSA) is 35.5 Å². The third kappa shape index (κ3) is 3.43. The Hall–Kier alpha value is -1.19. The zero-order valence-electron chi connectivity index (χ0n) is 11.9. The van der Waals surface area contributed by atoms with Crippen molar-refractivity contribution >= 4 is 5.78 Å². The smallest absolute Gasteiger partial charge is 0.165 e. The lowest BCUT2D eigenvalue weighted by Gasteiger charge is -2.23. The molecule has 2 rings (SSSR count). The van der Waals surface area contributed by atoms with Gasteiger partial charge in [0.1, 0.15) is 0 Å². The molecule has 3 heteroatoms. The lowest BCUT2D eigenvalue weighted by molar-refractivity contribution is -0.159. The summed E-state index contributed by atoms with van der Waals surface area (Å²) in [6, 6.07) is 9.41. The van der Waals surface area contributed by atoms with Gasteiger partial charge >= 0.3 is 0 Å². The van der Waals surface area contributed by atoms with Crippen LogP contribution in [0, 0.1) is 5.92 Å². The fourth-order valence-electron chi connectivity index (χ4n) is 2.28. The Balaban J connectivity index is 1.92. The van der Waals surface area contributed by atoms with Gasteiger partial charge in [0.25, 0.3) is 0 Å². The number of ether oxygens (including phenoxy) is 2. The molecular formula is C16H22O3. The van der Waals surface area contributed by atoms with Gasteiger partial charge in [-0.3, -0.25) is 4.79 Å². The first kappa shape index (κ1) is 14.2. The zero-order chi connectivity index (χ0) is 13.9. The summed E-state index contributed by atoms with van der Waals surface area (Å²) in [6.07, 6.45) is 1.33. The highest BCUT2D eigenvalue weighted by Crippen LogP contribution is 2.31. The van der Waals surface area contributed by atoms with E-state index in [1.54, 1.807) is 0 Å². The predicted octanol–water partition coefficient (Wildman–Crippen LogP) is 3.44. The van der Waals surface area contributed by atoms with Crippen LogP contribution in [0.4, 0.5) is 0 Å². The van der Waals surface area contributed by atoms with Gasteiger partial charge < -0.3 is 9.47 Å². The number of ketones is 1. The first-order valence-corrected chi connectivity index (χ1v) is 6.94. The maximum Gasteiger partial charge on any atom is 0.165 e. The first-order valence-electron chi connectivity index (χ1n) is 6.94. The van der Waals surface area contributed by atoms with Crippen LogP contribution >= 0.6 is 0 Å². The van der Waals surface area contributed by atoms with Crippen molar-refractivity contribution in [2.45, 2.75) is 45.5 Å². The molecule has 0 amide bonds. The Morgan fingerprint density at radius 2 is 2.11 bits per heavy atom. The van der Waals surface area contributed by atoms with E-state index in [4.69, 9.17) is 9.47 Å². The van der Waals surface area contributed by atoms with Crippen molar-refractivity contribution < 1.29 is 14.3 Å². The lowest BCUT2D eigenvalue weighted by Crippen LogP contribution is -2.28. The maximum absolute atomic E-state index is 12.1. The molecule has 1 aromatic carbocycles. The molecule has 0 N–H and O–H groups in total. The van der Waals surface area contributed by atoms with Crippen LogP contribution in [0.2, 0.25) is 0 Å². The van der Waals surface area contributed by atoms with E-state index < -0.39 is 5.79 Å². The Bertz CT molecular complexity index is 429. The number of rotatable bonds is 5. The Labute approximate surface area is 114 Å². The highest BCUT2D eigenvalue weighted by Gasteiger charge is 2.38. The van der Waals surface area contributed by atoms with Crippen LogP contribution in [0.5, 0.6) is 0 Å². The van der Waals surface area contributed by atoms with E-state index in [0.29, 0.717) is 13.0 Å². The molecule has 19 heavy (non-hydrogen) atoms. The molecule has 3 nitrogen and oxygen atoms in total. The number of Topliss-reactive ketones (excluding diaryl/α,β-unsaturated/α-hetero) is 1. The van der Waals surface area contributed by atoms with Crippen molar-refractivity contribution in [2.75, 3.05) is 6.61 Å². The van der Waals surface area contributed by atoms with Crippen molar-refractivity contribution in [3.05, 3.63) is 35.9 Å². The number of hydrogen-bond donors (Lipinski definition) is 0. The highest BCUT2D eigenvalue weighted by atomic mass is 16.7. The minimum atomic E-state index is -0.477. The molecule has 0 bridgehead atoms. The third-order valence-electron chi connectivity index (χ3n) is 3.83. The monoisotopic (exact) mass is 262 g/mol. The fraction of sp³-hybridized carbons (Fsp3) is 0.562. The SMILES string of the molecule is CCC1(C)OCC(C(C)CC(=O)c2ccccc2)O1. The minimum absolute atomic E-state index is 0.0117. The second kappa shape index (κ2) is 5.85. The Morgan fingerprint density at radius 1 is 1.42 bits per heavy atom. The molecule has 1 saturated heterocycles. The largest absolute Gasteiger partial charge is 0.348 e. The highest BCUT2D eigenvalue weighted by molar-refractivity contribution is 5.96. The summed E-state index contributed by atoms with van der Waals surface area (Å²) in [6.45, 7) is 6.63. The minimum Gasteiger partial charge on any atom is -0.348 e. The quantitative estimate of drug-likeness (QED) is 0.763. The molecule has 3 atom stereocenters. The van der Waals surface area contributed by atoms with E-state index in [0.717, 1.165) is 12.0 Å². The molecule has 1 heterocycles. The molecule has 1 aliphatic heterocycles. The van der Waals surface area contributed by atoms with E-state index in [1.165, 1.54) is 0 Å². The average Bonchev–Trinajstić information content (AvgIpc) is 2.83. The number of carbonyl (C=O) groups is 1. The molecular weight excluding hydrogens is 240 g/mol. The molecule has 1 fully saturated rings. The molecule has 0 spiro atoms. The first-order chi connectivity index (χ1) is 9.04. The summed E-state index contributed by atoms with van der Waals surface area (Å²) in [5.41, 5.74) is 0.770. The van der Waals surface area contributed by atoms with Gasteiger partial charge in [-0.15, -0.1) is 0 Å². The Morgan fingerprint density at radius 3 is 2.68 bits per heavy atom. The molecule has 0 saturated carbocycles. The molecule has 0 aliphatic carbocycles. The summed E-state index contributed by atoms with van der Waals surface area (Å²) in [7, 11) is 0. The van der Waals surface area contributed by atoms with Crippen LogP contribution in [0.25, 0.3) is 0 Å². The van der Waals surface area contributed by atoms with Gasteiger partial charge in [-0.1, -0.05) is 44.2 Å². The normalized spacial score (nSPS) is 28.3. The van der Waals surface area contributed by atoms with E-state index in [1.807, 2.05) is 44.2 Å². The van der Waals surface area contributed by atoms with Crippen molar-refractivity contribution in [3.63, 3.8) is 0 Å². The fourth-order valence-corrected chi connectivity index (χ4v) is 2.28. The van der Waals surface area contributed by atoms with Gasteiger partial charge in [0.2, 0.25) is 0 Å². The summed E-state index contributed by atoms with van der Waals surface area (Å²) in [5, 5.41) is 0. The van der Waals surface area contributed by atoms with Crippen LogP contribution in [-0.4, -0.2) is 24.3 Å². The molecule has 0 radical (unpaired) electrons. The van der Waals surface area contributed by atoms with E-state index >= 15 is 0 Å². The van der Waals surface area contributed by atoms with Crippen LogP contribution in [-0.2, 0) is 9.47 Å². The van der Waals surface area contributed by atoms with Crippen LogP contribution in [0.15, 0.2) is 30.3 Å². The van der Waals surface area contributed by atoms with Gasteiger partial charge in [0, 0.05) is 12.0 Å². The average molecular weight is 262 g/mol. The van der Waals surface area contributed by atoms with Gasteiger partial charge in [0.05, 0.1) is 12.7 Å². The van der Waals surface area contributed by atoms with Crippen molar-refractivity contribution in [3.8, 4) is 0 Å².